The minimum atomic E-state index is -1.32. The van der Waals surface area contributed by atoms with Crippen molar-refractivity contribution in [1.82, 2.24) is 9.55 Å². The second-order valence-electron chi connectivity index (χ2n) is 9.78. The fourth-order valence-corrected chi connectivity index (χ4v) is 6.14. The fraction of sp³-hybridized carbons (Fsp3) is 0.321. The molecule has 2 aromatic carbocycles. The van der Waals surface area contributed by atoms with E-state index in [9.17, 15) is 14.7 Å². The third kappa shape index (κ3) is 4.66. The van der Waals surface area contributed by atoms with E-state index in [1.54, 1.807) is 30.9 Å². The van der Waals surface area contributed by atoms with Gasteiger partial charge in [0.15, 0.2) is 10.6 Å². The number of halogens is 1. The lowest BCUT2D eigenvalue weighted by molar-refractivity contribution is 0.0694. The first kappa shape index (κ1) is 25.5. The Hall–Kier alpha value is -3.80. The number of carbonyl (C=O) groups is 1. The number of anilines is 2. The van der Waals surface area contributed by atoms with E-state index in [1.807, 2.05) is 23.1 Å². The summed E-state index contributed by atoms with van der Waals surface area (Å²) in [4.78, 5) is 33.3. The highest BCUT2D eigenvalue weighted by atomic mass is 32.1. The fourth-order valence-electron chi connectivity index (χ4n) is 5.12. The van der Waals surface area contributed by atoms with E-state index >= 15 is 4.39 Å². The van der Waals surface area contributed by atoms with E-state index in [1.165, 1.54) is 29.7 Å². The lowest BCUT2D eigenvalue weighted by Crippen LogP contribution is -2.51. The molecule has 0 radical (unpaired) electrons. The van der Waals surface area contributed by atoms with Gasteiger partial charge in [-0.1, -0.05) is 17.4 Å². The van der Waals surface area contributed by atoms with Gasteiger partial charge in [-0.25, -0.2) is 14.2 Å². The van der Waals surface area contributed by atoms with Crippen molar-refractivity contribution < 1.29 is 23.8 Å². The summed E-state index contributed by atoms with van der Waals surface area (Å²) in [5, 5.41) is 10.5. The number of benzene rings is 2. The predicted molar refractivity (Wildman–Crippen MR) is 148 cm³/mol. The van der Waals surface area contributed by atoms with Crippen LogP contribution < -0.4 is 15.2 Å². The van der Waals surface area contributed by atoms with E-state index < -0.39 is 17.2 Å². The number of ether oxygens (including phenoxy) is 2. The van der Waals surface area contributed by atoms with Crippen LogP contribution in [0.1, 0.15) is 16.8 Å². The maximum Gasteiger partial charge on any atom is 0.341 e. The number of thiazole rings is 1. The molecule has 0 amide bonds. The molecule has 0 unspecified atom stereocenters. The number of nitrogens with zero attached hydrogens (tertiary/aromatic N) is 4. The molecule has 11 heteroatoms. The van der Waals surface area contributed by atoms with E-state index in [0.29, 0.717) is 35.7 Å². The van der Waals surface area contributed by atoms with Gasteiger partial charge >= 0.3 is 5.97 Å². The second kappa shape index (κ2) is 10.1. The highest BCUT2D eigenvalue weighted by molar-refractivity contribution is 7.22. The summed E-state index contributed by atoms with van der Waals surface area (Å²) >= 11 is 1.53. The molecule has 2 saturated heterocycles. The van der Waals surface area contributed by atoms with Crippen LogP contribution in [0.15, 0.2) is 53.5 Å². The minimum Gasteiger partial charge on any atom is -0.477 e. The quantitative estimate of drug-likeness (QED) is 0.369. The van der Waals surface area contributed by atoms with Crippen LogP contribution in [-0.2, 0) is 9.47 Å². The zero-order chi connectivity index (χ0) is 27.3. The Kier molecular flexibility index (Phi) is 6.57. The van der Waals surface area contributed by atoms with Gasteiger partial charge in [-0.15, -0.1) is 0 Å². The number of carboxylic acids is 1. The molecule has 6 rings (SSSR count). The summed E-state index contributed by atoms with van der Waals surface area (Å²) in [5.74, 6) is -1.74. The number of hydrogen-bond acceptors (Lipinski definition) is 8. The molecule has 4 heterocycles. The number of hydrogen-bond donors (Lipinski definition) is 1. The molecule has 2 aliphatic heterocycles. The summed E-state index contributed by atoms with van der Waals surface area (Å²) < 4.78 is 28.7. The third-order valence-corrected chi connectivity index (χ3v) is 8.51. The van der Waals surface area contributed by atoms with Crippen molar-refractivity contribution in [3.63, 3.8) is 0 Å². The average Bonchev–Trinajstić information content (AvgIpc) is 3.54. The van der Waals surface area contributed by atoms with Crippen molar-refractivity contribution in [2.45, 2.75) is 18.6 Å². The van der Waals surface area contributed by atoms with Gasteiger partial charge in [-0.3, -0.25) is 4.79 Å². The van der Waals surface area contributed by atoms with Gasteiger partial charge in [0, 0.05) is 63.9 Å². The number of fused-ring (bicyclic) bond motifs is 1. The zero-order valence-corrected chi connectivity index (χ0v) is 22.3. The molecule has 2 aromatic heterocycles. The number of aromatic nitrogens is 2. The number of rotatable bonds is 7. The SMILES string of the molecule is COC1CN(c2nc3ccc(-n4cc(C(=O)O)c(=O)cc4-c4ccc(N5CC[C@@H](OC)C5)c(F)c4)cc3s2)C1. The first-order chi connectivity index (χ1) is 18.8. The smallest absolute Gasteiger partial charge is 0.341 e. The lowest BCUT2D eigenvalue weighted by Gasteiger charge is -2.37. The van der Waals surface area contributed by atoms with Gasteiger partial charge in [-0.2, -0.15) is 0 Å². The third-order valence-electron chi connectivity index (χ3n) is 7.43. The topological polar surface area (TPSA) is 97.1 Å². The average molecular weight is 551 g/mol. The number of aromatic carboxylic acids is 1. The number of pyridine rings is 1. The highest BCUT2D eigenvalue weighted by Crippen LogP contribution is 2.35. The summed E-state index contributed by atoms with van der Waals surface area (Å²) in [6, 6.07) is 11.7. The molecule has 9 nitrogen and oxygen atoms in total. The van der Waals surface area contributed by atoms with Crippen LogP contribution in [0, 0.1) is 5.82 Å². The van der Waals surface area contributed by atoms with Crippen molar-refractivity contribution in [3.8, 4) is 16.9 Å². The van der Waals surface area contributed by atoms with Gasteiger partial charge in [0.1, 0.15) is 11.4 Å². The van der Waals surface area contributed by atoms with Crippen molar-refractivity contribution in [2.24, 2.45) is 0 Å². The Morgan fingerprint density at radius 2 is 1.82 bits per heavy atom. The van der Waals surface area contributed by atoms with Crippen LogP contribution in [0.25, 0.3) is 27.2 Å². The summed E-state index contributed by atoms with van der Waals surface area (Å²) in [5.41, 5.74) is 1.76. The standard InChI is InChI=1S/C28H27FN4O5S/c1-37-18-7-8-31(12-18)23-6-3-16(9-21(23)29)24-11-25(34)20(27(35)36)15-33(24)17-4-5-22-26(10-17)39-28(30-22)32-13-19(14-32)38-2/h3-6,9-11,15,18-19H,7-8,12-14H2,1-2H3,(H,35,36)/t18-/m1/s1. The molecule has 2 aliphatic rings. The number of carboxylic acid groups (broad SMARTS) is 1. The molecule has 2 fully saturated rings. The maximum absolute atomic E-state index is 15.4. The molecular weight excluding hydrogens is 523 g/mol. The Morgan fingerprint density at radius 1 is 1.05 bits per heavy atom. The molecule has 0 spiro atoms. The Morgan fingerprint density at radius 3 is 2.51 bits per heavy atom. The minimum absolute atomic E-state index is 0.0579. The zero-order valence-electron chi connectivity index (χ0n) is 21.5. The van der Waals surface area contributed by atoms with Crippen LogP contribution in [0.2, 0.25) is 0 Å². The molecule has 0 aliphatic carbocycles. The van der Waals surface area contributed by atoms with Crippen LogP contribution in [-0.4, -0.2) is 73.2 Å². The maximum atomic E-state index is 15.4. The monoisotopic (exact) mass is 550 g/mol. The van der Waals surface area contributed by atoms with Gasteiger partial charge < -0.3 is 28.9 Å². The van der Waals surface area contributed by atoms with Crippen molar-refractivity contribution in [1.29, 1.82) is 0 Å². The van der Waals surface area contributed by atoms with Crippen molar-refractivity contribution in [2.75, 3.05) is 50.2 Å². The number of methoxy groups -OCH3 is 2. The molecule has 1 N–H and O–H groups in total. The molecule has 1 atom stereocenters. The van der Waals surface area contributed by atoms with Gasteiger partial charge in [0.2, 0.25) is 0 Å². The first-order valence-corrected chi connectivity index (χ1v) is 13.4. The molecule has 0 bridgehead atoms. The van der Waals surface area contributed by atoms with E-state index in [-0.39, 0.29) is 17.8 Å². The Labute approximate surface area is 227 Å². The Balaban J connectivity index is 1.40. The molecule has 0 saturated carbocycles. The second-order valence-corrected chi connectivity index (χ2v) is 10.8. The highest BCUT2D eigenvalue weighted by Gasteiger charge is 2.29. The summed E-state index contributed by atoms with van der Waals surface area (Å²) in [6.45, 7) is 2.85. The van der Waals surface area contributed by atoms with Crippen LogP contribution in [0.5, 0.6) is 0 Å². The molecule has 4 aromatic rings. The summed E-state index contributed by atoms with van der Waals surface area (Å²) in [6.07, 6.45) is 2.38. The molecule has 39 heavy (non-hydrogen) atoms. The van der Waals surface area contributed by atoms with Crippen LogP contribution in [0.3, 0.4) is 0 Å². The molecular formula is C28H27FN4O5S. The van der Waals surface area contributed by atoms with Crippen molar-refractivity contribution in [3.05, 3.63) is 70.3 Å². The first-order valence-electron chi connectivity index (χ1n) is 12.6. The predicted octanol–water partition coefficient (Wildman–Crippen LogP) is 4.01. The largest absolute Gasteiger partial charge is 0.477 e. The van der Waals surface area contributed by atoms with Crippen LogP contribution >= 0.6 is 11.3 Å². The van der Waals surface area contributed by atoms with E-state index in [4.69, 9.17) is 14.5 Å². The summed E-state index contributed by atoms with van der Waals surface area (Å²) in [7, 11) is 3.35. The van der Waals surface area contributed by atoms with Gasteiger partial charge in [-0.05, 0) is 36.8 Å². The van der Waals surface area contributed by atoms with Crippen molar-refractivity contribution >= 4 is 38.3 Å². The van der Waals surface area contributed by atoms with Crippen LogP contribution in [0.4, 0.5) is 15.2 Å². The van der Waals surface area contributed by atoms with Gasteiger partial charge in [0.05, 0.1) is 33.8 Å². The Bertz CT molecular complexity index is 1630. The van der Waals surface area contributed by atoms with E-state index in [0.717, 1.165) is 34.9 Å². The normalized spacial score (nSPS) is 17.7. The lowest BCUT2D eigenvalue weighted by atomic mass is 10.1. The van der Waals surface area contributed by atoms with Gasteiger partial charge in [0.25, 0.3) is 0 Å². The molecule has 202 valence electrons. The van der Waals surface area contributed by atoms with E-state index in [2.05, 4.69) is 4.90 Å².